The van der Waals surface area contributed by atoms with Crippen molar-refractivity contribution in [2.75, 3.05) is 0 Å². The van der Waals surface area contributed by atoms with E-state index in [0.717, 1.165) is 6.20 Å². The van der Waals surface area contributed by atoms with E-state index in [2.05, 4.69) is 16.0 Å². The Balaban J connectivity index is 3.00. The molecular weight excluding hydrogens is 171 g/mol. The predicted octanol–water partition coefficient (Wildman–Crippen LogP) is 2.73. The lowest BCUT2D eigenvalue weighted by Gasteiger charge is -1.98. The van der Waals surface area contributed by atoms with Crippen molar-refractivity contribution in [3.8, 4) is 0 Å². The number of rotatable bonds is 1. The molecule has 1 aromatic heterocycles. The smallest absolute Gasteiger partial charge is 0.433 e. The highest BCUT2D eigenvalue weighted by atomic mass is 19.4. The Morgan fingerprint density at radius 3 is 2.42 bits per heavy atom. The molecule has 1 aromatic rings. The highest BCUT2D eigenvalue weighted by Crippen LogP contribution is 2.29. The molecule has 0 radical (unpaired) electrons. The van der Waals surface area contributed by atoms with Crippen molar-refractivity contribution in [2.24, 2.45) is 0 Å². The average Bonchev–Trinajstić information content (AvgIpc) is 2.30. The molecule has 0 aromatic carbocycles. The highest BCUT2D eigenvalue weighted by Gasteiger charge is 2.37. The fourth-order valence-electron chi connectivity index (χ4n) is 0.602. The van der Waals surface area contributed by atoms with E-state index >= 15 is 0 Å². The number of allylic oxidation sites excluding steroid dienone is 1. The summed E-state index contributed by atoms with van der Waals surface area (Å²) in [5.74, 6) is -1.18. The topological polar surface area (TPSA) is 26.0 Å². The van der Waals surface area contributed by atoms with Crippen molar-refractivity contribution < 1.29 is 17.6 Å². The molecule has 12 heavy (non-hydrogen) atoms. The van der Waals surface area contributed by atoms with Crippen LogP contribution < -0.4 is 0 Å². The third-order valence-corrected chi connectivity index (χ3v) is 1.17. The zero-order valence-corrected chi connectivity index (χ0v) is 6.27. The van der Waals surface area contributed by atoms with Gasteiger partial charge < -0.3 is 4.42 Å². The van der Waals surface area contributed by atoms with Gasteiger partial charge in [-0.15, -0.1) is 0 Å². The molecule has 2 nitrogen and oxygen atoms in total. The van der Waals surface area contributed by atoms with Gasteiger partial charge in [0.05, 0.1) is 6.20 Å². The molecule has 0 aliphatic heterocycles. The number of alkyl halides is 3. The average molecular weight is 177 g/mol. The van der Waals surface area contributed by atoms with Gasteiger partial charge in [-0.05, 0) is 12.5 Å². The van der Waals surface area contributed by atoms with Crippen LogP contribution in [0.2, 0.25) is 0 Å². The maximum absolute atomic E-state index is 11.9. The Hall–Kier alpha value is -1.26. The Labute approximate surface area is 66.7 Å². The van der Waals surface area contributed by atoms with Gasteiger partial charge in [-0.25, -0.2) is 4.98 Å². The van der Waals surface area contributed by atoms with Gasteiger partial charge in [-0.1, -0.05) is 6.58 Å². The third-order valence-electron chi connectivity index (χ3n) is 1.17. The number of nitrogens with zero attached hydrogens (tertiary/aromatic N) is 1. The summed E-state index contributed by atoms with van der Waals surface area (Å²) in [5, 5.41) is 0. The molecule has 0 atom stereocenters. The minimum atomic E-state index is -4.52. The van der Waals surface area contributed by atoms with Crippen LogP contribution in [0.3, 0.4) is 0 Å². The first-order valence-electron chi connectivity index (χ1n) is 3.10. The molecule has 0 N–H and O–H groups in total. The maximum atomic E-state index is 11.9. The normalized spacial score (nSPS) is 11.7. The molecule has 5 heteroatoms. The lowest BCUT2D eigenvalue weighted by atomic mass is 10.3. The number of halogens is 3. The molecule has 1 rings (SSSR count). The molecule has 0 aliphatic carbocycles. The van der Waals surface area contributed by atoms with Crippen molar-refractivity contribution in [1.82, 2.24) is 4.98 Å². The maximum Gasteiger partial charge on any atom is 0.468 e. The molecule has 0 unspecified atom stereocenters. The van der Waals surface area contributed by atoms with Crippen molar-refractivity contribution in [1.29, 1.82) is 0 Å². The second kappa shape index (κ2) is 2.66. The monoisotopic (exact) mass is 177 g/mol. The number of hydrogen-bond acceptors (Lipinski definition) is 2. The zero-order valence-electron chi connectivity index (χ0n) is 6.27. The van der Waals surface area contributed by atoms with Gasteiger partial charge in [0, 0.05) is 0 Å². The molecule has 0 fully saturated rings. The van der Waals surface area contributed by atoms with Gasteiger partial charge in [-0.2, -0.15) is 13.2 Å². The summed E-state index contributed by atoms with van der Waals surface area (Å²) in [6, 6.07) is 0. The van der Waals surface area contributed by atoms with Crippen LogP contribution in [-0.4, -0.2) is 4.98 Å². The van der Waals surface area contributed by atoms with E-state index in [4.69, 9.17) is 0 Å². The molecular formula is C7H6F3NO. The fraction of sp³-hybridized carbons (Fsp3) is 0.286. The summed E-state index contributed by atoms with van der Waals surface area (Å²) in [5.41, 5.74) is 0.415. The van der Waals surface area contributed by atoms with Gasteiger partial charge in [0.2, 0.25) is 0 Å². The predicted molar refractivity (Wildman–Crippen MR) is 36.2 cm³/mol. The fourth-order valence-corrected chi connectivity index (χ4v) is 0.602. The van der Waals surface area contributed by atoms with Crippen LogP contribution in [0, 0.1) is 0 Å². The molecule has 0 aliphatic rings. The van der Waals surface area contributed by atoms with E-state index in [1.165, 1.54) is 0 Å². The second-order valence-electron chi connectivity index (χ2n) is 2.31. The Morgan fingerprint density at radius 2 is 2.17 bits per heavy atom. The van der Waals surface area contributed by atoms with Gasteiger partial charge in [0.25, 0.3) is 0 Å². The first-order valence-corrected chi connectivity index (χ1v) is 3.10. The van der Waals surface area contributed by atoms with Crippen LogP contribution >= 0.6 is 0 Å². The number of oxazole rings is 1. The van der Waals surface area contributed by atoms with Crippen molar-refractivity contribution >= 4 is 5.57 Å². The number of hydrogen-bond donors (Lipinski definition) is 0. The molecule has 1 heterocycles. The van der Waals surface area contributed by atoms with E-state index < -0.39 is 12.1 Å². The van der Waals surface area contributed by atoms with Gasteiger partial charge >= 0.3 is 12.1 Å². The van der Waals surface area contributed by atoms with E-state index in [1.807, 2.05) is 0 Å². The van der Waals surface area contributed by atoms with E-state index in [-0.39, 0.29) is 5.76 Å². The summed E-state index contributed by atoms with van der Waals surface area (Å²) in [6.07, 6.45) is -3.52. The zero-order chi connectivity index (χ0) is 9.35. The summed E-state index contributed by atoms with van der Waals surface area (Å²) in [7, 11) is 0. The molecule has 0 saturated heterocycles. The third kappa shape index (κ3) is 1.66. The Kier molecular flexibility index (Phi) is 1.95. The highest BCUT2D eigenvalue weighted by molar-refractivity contribution is 5.55. The molecule has 66 valence electrons. The van der Waals surface area contributed by atoms with Gasteiger partial charge in [0.1, 0.15) is 5.76 Å². The lowest BCUT2D eigenvalue weighted by molar-refractivity contribution is -0.157. The minimum Gasteiger partial charge on any atom is -0.433 e. The van der Waals surface area contributed by atoms with Crippen molar-refractivity contribution in [3.05, 3.63) is 24.4 Å². The van der Waals surface area contributed by atoms with Crippen molar-refractivity contribution in [2.45, 2.75) is 13.1 Å². The van der Waals surface area contributed by atoms with Gasteiger partial charge in [-0.3, -0.25) is 0 Å². The molecule has 0 amide bonds. The molecule has 0 saturated carbocycles. The van der Waals surface area contributed by atoms with Crippen LogP contribution in [0.4, 0.5) is 13.2 Å². The van der Waals surface area contributed by atoms with Crippen molar-refractivity contribution in [3.63, 3.8) is 0 Å². The first-order chi connectivity index (χ1) is 5.41. The molecule has 0 spiro atoms. The Morgan fingerprint density at radius 1 is 1.58 bits per heavy atom. The van der Waals surface area contributed by atoms with Crippen LogP contribution in [-0.2, 0) is 6.18 Å². The number of aromatic nitrogens is 1. The quantitative estimate of drug-likeness (QED) is 0.659. The summed E-state index contributed by atoms with van der Waals surface area (Å²) < 4.78 is 40.0. The van der Waals surface area contributed by atoms with Crippen LogP contribution in [0.15, 0.2) is 17.2 Å². The summed E-state index contributed by atoms with van der Waals surface area (Å²) >= 11 is 0. The van der Waals surface area contributed by atoms with E-state index in [1.54, 1.807) is 6.92 Å². The van der Waals surface area contributed by atoms with Crippen LogP contribution in [0.25, 0.3) is 5.57 Å². The summed E-state index contributed by atoms with van der Waals surface area (Å²) in [4.78, 5) is 3.06. The van der Waals surface area contributed by atoms with Gasteiger partial charge in [0.15, 0.2) is 0 Å². The first kappa shape index (κ1) is 8.83. The second-order valence-corrected chi connectivity index (χ2v) is 2.31. The lowest BCUT2D eigenvalue weighted by Crippen LogP contribution is -2.04. The largest absolute Gasteiger partial charge is 0.468 e. The summed E-state index contributed by atoms with van der Waals surface area (Å²) in [6.45, 7) is 4.96. The molecule has 0 bridgehead atoms. The van der Waals surface area contributed by atoms with Crippen LogP contribution in [0.1, 0.15) is 18.6 Å². The standard InChI is InChI=1S/C7H6F3NO/c1-4(2)5-3-11-6(12-5)7(8,9)10/h3H,1H2,2H3. The van der Waals surface area contributed by atoms with Crippen LogP contribution in [0.5, 0.6) is 0 Å². The van der Waals surface area contributed by atoms with E-state index in [0.29, 0.717) is 5.57 Å². The Bertz CT molecular complexity index is 300. The van der Waals surface area contributed by atoms with E-state index in [9.17, 15) is 13.2 Å². The minimum absolute atomic E-state index is 0.0577. The SMILES string of the molecule is C=C(C)c1cnc(C(F)(F)F)o1.